The second kappa shape index (κ2) is 4.42. The molecule has 12 heavy (non-hydrogen) atoms. The van der Waals surface area contributed by atoms with Gasteiger partial charge in [-0.15, -0.1) is 0 Å². The van der Waals surface area contributed by atoms with Crippen LogP contribution in [0.15, 0.2) is 0 Å². The Bertz CT molecular complexity index is 154. The number of hydroxylamine groups is 2. The highest BCUT2D eigenvalue weighted by molar-refractivity contribution is 5.75. The van der Waals surface area contributed by atoms with Crippen LogP contribution in [0.4, 0.5) is 0 Å². The molecule has 0 bridgehead atoms. The summed E-state index contributed by atoms with van der Waals surface area (Å²) in [6, 6.07) is 0. The summed E-state index contributed by atoms with van der Waals surface area (Å²) >= 11 is 0. The van der Waals surface area contributed by atoms with Gasteiger partial charge < -0.3 is 4.74 Å². The molecule has 4 heteroatoms. The number of carbonyl (C=O) groups is 1. The van der Waals surface area contributed by atoms with Crippen molar-refractivity contribution in [2.75, 3.05) is 20.8 Å². The lowest BCUT2D eigenvalue weighted by Crippen LogP contribution is -2.28. The minimum atomic E-state index is -0.0237. The molecule has 70 valence electrons. The zero-order chi connectivity index (χ0) is 8.97. The standard InChI is InChI=1S/C8H15NO3/c1-9(11-2)8(10)6-7-4-3-5-12-7/h7H,3-6H2,1-2H3/t7-/m0/s1. The Hall–Kier alpha value is -0.610. The van der Waals surface area contributed by atoms with Gasteiger partial charge in [0.1, 0.15) is 0 Å². The third kappa shape index (κ3) is 2.46. The molecular weight excluding hydrogens is 158 g/mol. The maximum absolute atomic E-state index is 11.3. The number of nitrogens with zero attached hydrogens (tertiary/aromatic N) is 1. The number of hydrogen-bond donors (Lipinski definition) is 0. The normalized spacial score (nSPS) is 22.7. The highest BCUT2D eigenvalue weighted by Crippen LogP contribution is 2.15. The van der Waals surface area contributed by atoms with Crippen molar-refractivity contribution in [1.82, 2.24) is 5.06 Å². The van der Waals surface area contributed by atoms with Crippen LogP contribution in [-0.2, 0) is 14.4 Å². The molecule has 1 rings (SSSR count). The van der Waals surface area contributed by atoms with Crippen LogP contribution in [0.25, 0.3) is 0 Å². The first-order chi connectivity index (χ1) is 5.74. The Morgan fingerprint density at radius 1 is 1.75 bits per heavy atom. The molecule has 1 fully saturated rings. The van der Waals surface area contributed by atoms with E-state index in [9.17, 15) is 4.79 Å². The molecule has 0 aromatic heterocycles. The Morgan fingerprint density at radius 2 is 2.50 bits per heavy atom. The molecule has 4 nitrogen and oxygen atoms in total. The number of carbonyl (C=O) groups excluding carboxylic acids is 1. The van der Waals surface area contributed by atoms with E-state index in [1.165, 1.54) is 12.2 Å². The SMILES string of the molecule is CON(C)C(=O)C[C@@H]1CCCO1. The minimum Gasteiger partial charge on any atom is -0.378 e. The predicted molar refractivity (Wildman–Crippen MR) is 43.4 cm³/mol. The van der Waals surface area contributed by atoms with Gasteiger partial charge in [-0.25, -0.2) is 5.06 Å². The lowest BCUT2D eigenvalue weighted by atomic mass is 10.2. The lowest BCUT2D eigenvalue weighted by Gasteiger charge is -2.15. The first kappa shape index (κ1) is 9.48. The van der Waals surface area contributed by atoms with Crippen molar-refractivity contribution in [2.24, 2.45) is 0 Å². The van der Waals surface area contributed by atoms with Crippen LogP contribution >= 0.6 is 0 Å². The second-order valence-electron chi connectivity index (χ2n) is 2.91. The zero-order valence-electron chi connectivity index (χ0n) is 7.58. The van der Waals surface area contributed by atoms with E-state index >= 15 is 0 Å². The third-order valence-electron chi connectivity index (χ3n) is 2.05. The van der Waals surface area contributed by atoms with Crippen LogP contribution in [0.5, 0.6) is 0 Å². The van der Waals surface area contributed by atoms with E-state index in [1.807, 2.05) is 0 Å². The molecule has 0 radical (unpaired) electrons. The van der Waals surface area contributed by atoms with Crippen LogP contribution in [0.2, 0.25) is 0 Å². The van der Waals surface area contributed by atoms with Gasteiger partial charge in [0.05, 0.1) is 19.6 Å². The van der Waals surface area contributed by atoms with Gasteiger partial charge >= 0.3 is 0 Å². The largest absolute Gasteiger partial charge is 0.378 e. The Labute approximate surface area is 72.4 Å². The van der Waals surface area contributed by atoms with E-state index in [4.69, 9.17) is 9.57 Å². The van der Waals surface area contributed by atoms with E-state index in [-0.39, 0.29) is 12.0 Å². The van der Waals surface area contributed by atoms with Gasteiger partial charge in [0, 0.05) is 13.7 Å². The average Bonchev–Trinajstić information content (AvgIpc) is 2.55. The molecule has 0 aromatic carbocycles. The Kier molecular flexibility index (Phi) is 3.49. The van der Waals surface area contributed by atoms with E-state index in [0.29, 0.717) is 6.42 Å². The fraction of sp³-hybridized carbons (Fsp3) is 0.875. The Balaban J connectivity index is 2.25. The number of hydrogen-bond acceptors (Lipinski definition) is 3. The molecule has 0 aromatic rings. The zero-order valence-corrected chi connectivity index (χ0v) is 7.58. The maximum atomic E-state index is 11.3. The molecule has 1 heterocycles. The molecule has 1 amide bonds. The van der Waals surface area contributed by atoms with Crippen molar-refractivity contribution < 1.29 is 14.4 Å². The molecule has 0 saturated carbocycles. The summed E-state index contributed by atoms with van der Waals surface area (Å²) in [5, 5.41) is 1.24. The van der Waals surface area contributed by atoms with Crippen LogP contribution in [-0.4, -0.2) is 37.8 Å². The second-order valence-corrected chi connectivity index (χ2v) is 2.91. The number of ether oxygens (including phenoxy) is 1. The maximum Gasteiger partial charge on any atom is 0.248 e. The van der Waals surface area contributed by atoms with E-state index in [1.54, 1.807) is 7.05 Å². The van der Waals surface area contributed by atoms with Crippen LogP contribution in [0, 0.1) is 0 Å². The Morgan fingerprint density at radius 3 is 3.00 bits per heavy atom. The van der Waals surface area contributed by atoms with Gasteiger partial charge in [-0.1, -0.05) is 0 Å². The van der Waals surface area contributed by atoms with Crippen molar-refractivity contribution in [3.05, 3.63) is 0 Å². The van der Waals surface area contributed by atoms with Crippen LogP contribution < -0.4 is 0 Å². The van der Waals surface area contributed by atoms with Gasteiger partial charge in [0.25, 0.3) is 0 Å². The van der Waals surface area contributed by atoms with E-state index < -0.39 is 0 Å². The topological polar surface area (TPSA) is 38.8 Å². The minimum absolute atomic E-state index is 0.0237. The quantitative estimate of drug-likeness (QED) is 0.586. The fourth-order valence-electron chi connectivity index (χ4n) is 1.23. The first-order valence-corrected chi connectivity index (χ1v) is 4.16. The van der Waals surface area contributed by atoms with Crippen molar-refractivity contribution in [2.45, 2.75) is 25.4 Å². The van der Waals surface area contributed by atoms with Gasteiger partial charge in [0.2, 0.25) is 5.91 Å². The number of amides is 1. The molecule has 0 spiro atoms. The molecule has 0 aliphatic carbocycles. The highest BCUT2D eigenvalue weighted by atomic mass is 16.7. The predicted octanol–water partition coefficient (Wildman–Crippen LogP) is 0.575. The van der Waals surface area contributed by atoms with E-state index in [2.05, 4.69) is 0 Å². The lowest BCUT2D eigenvalue weighted by molar-refractivity contribution is -0.170. The molecule has 1 atom stereocenters. The molecule has 0 unspecified atom stereocenters. The van der Waals surface area contributed by atoms with E-state index in [0.717, 1.165) is 19.4 Å². The fourth-order valence-corrected chi connectivity index (χ4v) is 1.23. The average molecular weight is 173 g/mol. The van der Waals surface area contributed by atoms with Gasteiger partial charge in [-0.3, -0.25) is 9.63 Å². The molecular formula is C8H15NO3. The van der Waals surface area contributed by atoms with Crippen LogP contribution in [0.1, 0.15) is 19.3 Å². The molecule has 0 N–H and O–H groups in total. The summed E-state index contributed by atoms with van der Waals surface area (Å²) < 4.78 is 5.32. The van der Waals surface area contributed by atoms with Crippen molar-refractivity contribution in [3.63, 3.8) is 0 Å². The summed E-state index contributed by atoms with van der Waals surface area (Å²) in [4.78, 5) is 16.0. The summed E-state index contributed by atoms with van der Waals surface area (Å²) in [7, 11) is 3.09. The van der Waals surface area contributed by atoms with Crippen molar-refractivity contribution in [3.8, 4) is 0 Å². The summed E-state index contributed by atoms with van der Waals surface area (Å²) in [6.45, 7) is 0.786. The van der Waals surface area contributed by atoms with Crippen molar-refractivity contribution in [1.29, 1.82) is 0 Å². The van der Waals surface area contributed by atoms with Gasteiger partial charge in [-0.05, 0) is 12.8 Å². The molecule has 1 aliphatic rings. The van der Waals surface area contributed by atoms with Crippen molar-refractivity contribution >= 4 is 5.91 Å². The van der Waals surface area contributed by atoms with Crippen LogP contribution in [0.3, 0.4) is 0 Å². The first-order valence-electron chi connectivity index (χ1n) is 4.16. The summed E-state index contributed by atoms with van der Waals surface area (Å²) in [6.07, 6.45) is 2.59. The van der Waals surface area contributed by atoms with Gasteiger partial charge in [0.15, 0.2) is 0 Å². The molecule has 1 aliphatic heterocycles. The summed E-state index contributed by atoms with van der Waals surface area (Å²) in [5.74, 6) is -0.0237. The third-order valence-corrected chi connectivity index (χ3v) is 2.05. The summed E-state index contributed by atoms with van der Waals surface area (Å²) in [5.41, 5.74) is 0. The molecule has 1 saturated heterocycles. The smallest absolute Gasteiger partial charge is 0.248 e. The van der Waals surface area contributed by atoms with Gasteiger partial charge in [-0.2, -0.15) is 0 Å². The highest BCUT2D eigenvalue weighted by Gasteiger charge is 2.20. The number of rotatable bonds is 3. The monoisotopic (exact) mass is 173 g/mol.